The third-order valence-corrected chi connectivity index (χ3v) is 4.34. The molecular weight excluding hydrogens is 344 g/mol. The number of carbonyl (C=O) groups is 1. The molecule has 0 bridgehead atoms. The van der Waals surface area contributed by atoms with Crippen LogP contribution < -0.4 is 0 Å². The van der Waals surface area contributed by atoms with Gasteiger partial charge in [0.1, 0.15) is 0 Å². The van der Waals surface area contributed by atoms with Crippen LogP contribution in [0.5, 0.6) is 0 Å². The van der Waals surface area contributed by atoms with E-state index in [0.717, 1.165) is 32.3 Å². The summed E-state index contributed by atoms with van der Waals surface area (Å²) in [4.78, 5) is 10.9. The highest BCUT2D eigenvalue weighted by Crippen LogP contribution is 2.32. The van der Waals surface area contributed by atoms with Gasteiger partial charge in [0.25, 0.3) is 0 Å². The molecule has 1 N–H and O–H groups in total. The van der Waals surface area contributed by atoms with Crippen molar-refractivity contribution in [3.8, 4) is 11.1 Å². The van der Waals surface area contributed by atoms with E-state index in [-0.39, 0.29) is 0 Å². The van der Waals surface area contributed by atoms with Crippen molar-refractivity contribution < 1.29 is 9.90 Å². The van der Waals surface area contributed by atoms with E-state index in [2.05, 4.69) is 39.2 Å². The number of rotatable bonds is 3. The zero-order chi connectivity index (χ0) is 15.5. The molecule has 2 aromatic carbocycles. The Balaban J connectivity index is 1.96. The molecular formula is C17H13BrN2O2. The number of carboxylic acid groups (broad SMARTS) is 1. The lowest BCUT2D eigenvalue weighted by Gasteiger charge is -2.09. The minimum Gasteiger partial charge on any atom is -0.463 e. The van der Waals surface area contributed by atoms with Gasteiger partial charge in [0.2, 0.25) is 0 Å². The third kappa shape index (κ3) is 2.94. The zero-order valence-electron chi connectivity index (χ0n) is 11.6. The molecule has 0 aliphatic carbocycles. The molecule has 3 aromatic rings. The lowest BCUT2D eigenvalue weighted by atomic mass is 10.0. The number of hydrogen-bond acceptors (Lipinski definition) is 2. The van der Waals surface area contributed by atoms with E-state index in [4.69, 9.17) is 5.11 Å². The van der Waals surface area contributed by atoms with Crippen molar-refractivity contribution in [3.05, 3.63) is 76.5 Å². The van der Waals surface area contributed by atoms with Crippen LogP contribution in [0.3, 0.4) is 0 Å². The highest BCUT2D eigenvalue weighted by molar-refractivity contribution is 9.10. The molecule has 5 heteroatoms. The second-order valence-electron chi connectivity index (χ2n) is 4.90. The summed E-state index contributed by atoms with van der Waals surface area (Å²) in [5.41, 5.74) is 4.07. The Morgan fingerprint density at radius 2 is 1.91 bits per heavy atom. The zero-order valence-corrected chi connectivity index (χ0v) is 13.2. The molecule has 0 aliphatic rings. The van der Waals surface area contributed by atoms with Crippen molar-refractivity contribution in [1.29, 1.82) is 0 Å². The van der Waals surface area contributed by atoms with Gasteiger partial charge >= 0.3 is 6.09 Å². The van der Waals surface area contributed by atoms with Crippen molar-refractivity contribution in [2.75, 3.05) is 0 Å². The second-order valence-corrected chi connectivity index (χ2v) is 5.69. The normalized spacial score (nSPS) is 10.6. The standard InChI is InChI=1S/C17H13BrN2O2/c18-16-13(9-12-5-2-1-3-6-12)7-4-8-15(16)14-10-19-20(11-14)17(21)22/h1-8,10-11H,9H2,(H,21,22). The Morgan fingerprint density at radius 1 is 1.14 bits per heavy atom. The molecule has 0 saturated carbocycles. The number of hydrogen-bond donors (Lipinski definition) is 1. The molecule has 1 aromatic heterocycles. The SMILES string of the molecule is O=C(O)n1cc(-c2cccc(Cc3ccccc3)c2Br)cn1. The average Bonchev–Trinajstić information content (AvgIpc) is 3.00. The fraction of sp³-hybridized carbons (Fsp3) is 0.0588. The summed E-state index contributed by atoms with van der Waals surface area (Å²) >= 11 is 3.64. The highest BCUT2D eigenvalue weighted by Gasteiger charge is 2.11. The van der Waals surface area contributed by atoms with Gasteiger partial charge in [-0.25, -0.2) is 4.79 Å². The summed E-state index contributed by atoms with van der Waals surface area (Å²) in [6, 6.07) is 16.2. The van der Waals surface area contributed by atoms with Crippen molar-refractivity contribution >= 4 is 22.0 Å². The summed E-state index contributed by atoms with van der Waals surface area (Å²) in [7, 11) is 0. The maximum Gasteiger partial charge on any atom is 0.432 e. The first-order valence-corrected chi connectivity index (χ1v) is 7.54. The fourth-order valence-electron chi connectivity index (χ4n) is 2.32. The first-order chi connectivity index (χ1) is 10.6. The van der Waals surface area contributed by atoms with Crippen LogP contribution in [0.15, 0.2) is 65.4 Å². The summed E-state index contributed by atoms with van der Waals surface area (Å²) in [6.45, 7) is 0. The Morgan fingerprint density at radius 3 is 2.59 bits per heavy atom. The van der Waals surface area contributed by atoms with Crippen LogP contribution in [0.1, 0.15) is 11.1 Å². The van der Waals surface area contributed by atoms with E-state index in [9.17, 15) is 4.79 Å². The van der Waals surface area contributed by atoms with Gasteiger partial charge < -0.3 is 5.11 Å². The predicted octanol–water partition coefficient (Wildman–Crippen LogP) is 4.43. The molecule has 0 amide bonds. The van der Waals surface area contributed by atoms with Gasteiger partial charge in [0.05, 0.1) is 6.20 Å². The maximum atomic E-state index is 10.9. The van der Waals surface area contributed by atoms with Gasteiger partial charge in [-0.05, 0) is 39.0 Å². The Labute approximate surface area is 136 Å². The Hall–Kier alpha value is -2.40. The topological polar surface area (TPSA) is 55.1 Å². The first-order valence-electron chi connectivity index (χ1n) is 6.75. The molecule has 3 rings (SSSR count). The van der Waals surface area contributed by atoms with Crippen LogP contribution in [0.25, 0.3) is 11.1 Å². The largest absolute Gasteiger partial charge is 0.463 e. The maximum absolute atomic E-state index is 10.9. The van der Waals surface area contributed by atoms with Gasteiger partial charge in [-0.2, -0.15) is 9.78 Å². The molecule has 0 aliphatic heterocycles. The van der Waals surface area contributed by atoms with Crippen molar-refractivity contribution in [2.24, 2.45) is 0 Å². The van der Waals surface area contributed by atoms with E-state index < -0.39 is 6.09 Å². The molecule has 0 atom stereocenters. The third-order valence-electron chi connectivity index (χ3n) is 3.41. The van der Waals surface area contributed by atoms with Crippen molar-refractivity contribution in [2.45, 2.75) is 6.42 Å². The molecule has 0 radical (unpaired) electrons. The molecule has 110 valence electrons. The van der Waals surface area contributed by atoms with Crippen molar-refractivity contribution in [3.63, 3.8) is 0 Å². The van der Waals surface area contributed by atoms with Crippen molar-refractivity contribution in [1.82, 2.24) is 9.78 Å². The van der Waals surface area contributed by atoms with E-state index in [1.54, 1.807) is 6.20 Å². The smallest absolute Gasteiger partial charge is 0.432 e. The Bertz CT molecular complexity index is 813. The van der Waals surface area contributed by atoms with Crippen LogP contribution in [0, 0.1) is 0 Å². The number of aromatic nitrogens is 2. The highest BCUT2D eigenvalue weighted by atomic mass is 79.9. The van der Waals surface area contributed by atoms with Gasteiger partial charge in [0, 0.05) is 16.2 Å². The minimum atomic E-state index is -1.09. The van der Waals surface area contributed by atoms with Gasteiger partial charge in [-0.1, -0.05) is 48.5 Å². The minimum absolute atomic E-state index is 0.768. The number of benzene rings is 2. The number of halogens is 1. The molecule has 0 unspecified atom stereocenters. The predicted molar refractivity (Wildman–Crippen MR) is 88.0 cm³/mol. The Kier molecular flexibility index (Phi) is 4.06. The van der Waals surface area contributed by atoms with Crippen LogP contribution in [0.2, 0.25) is 0 Å². The summed E-state index contributed by atoms with van der Waals surface area (Å²) < 4.78 is 1.87. The van der Waals surface area contributed by atoms with E-state index in [1.165, 1.54) is 11.8 Å². The van der Waals surface area contributed by atoms with Crippen LogP contribution in [-0.4, -0.2) is 21.0 Å². The van der Waals surface area contributed by atoms with E-state index in [1.807, 2.05) is 30.3 Å². The quantitative estimate of drug-likeness (QED) is 0.755. The summed E-state index contributed by atoms with van der Waals surface area (Å²) in [6.07, 6.45) is 2.78. The lowest BCUT2D eigenvalue weighted by molar-refractivity contribution is 0.192. The first kappa shape index (κ1) is 14.5. The summed E-state index contributed by atoms with van der Waals surface area (Å²) in [5, 5.41) is 12.8. The molecule has 22 heavy (non-hydrogen) atoms. The fourth-order valence-corrected chi connectivity index (χ4v) is 2.95. The molecule has 0 fully saturated rings. The second kappa shape index (κ2) is 6.15. The van der Waals surface area contributed by atoms with Gasteiger partial charge in [0.15, 0.2) is 0 Å². The lowest BCUT2D eigenvalue weighted by Crippen LogP contribution is -2.07. The van der Waals surface area contributed by atoms with Crippen LogP contribution in [0.4, 0.5) is 4.79 Å². The van der Waals surface area contributed by atoms with Gasteiger partial charge in [-0.15, -0.1) is 0 Å². The summed E-state index contributed by atoms with van der Waals surface area (Å²) in [5.74, 6) is 0. The van der Waals surface area contributed by atoms with E-state index in [0.29, 0.717) is 0 Å². The number of nitrogens with zero attached hydrogens (tertiary/aromatic N) is 2. The molecule has 4 nitrogen and oxygen atoms in total. The molecule has 1 heterocycles. The van der Waals surface area contributed by atoms with Crippen LogP contribution >= 0.6 is 15.9 Å². The molecule has 0 saturated heterocycles. The van der Waals surface area contributed by atoms with Gasteiger partial charge in [-0.3, -0.25) is 0 Å². The van der Waals surface area contributed by atoms with E-state index >= 15 is 0 Å². The molecule has 0 spiro atoms. The average molecular weight is 357 g/mol. The van der Waals surface area contributed by atoms with Crippen LogP contribution in [-0.2, 0) is 6.42 Å². The monoisotopic (exact) mass is 356 g/mol.